The van der Waals surface area contributed by atoms with Gasteiger partial charge < -0.3 is 4.74 Å². The summed E-state index contributed by atoms with van der Waals surface area (Å²) in [6.07, 6.45) is 11.5. The van der Waals surface area contributed by atoms with E-state index in [0.29, 0.717) is 17.8 Å². The Bertz CT molecular complexity index is 279. The second-order valence-electron chi connectivity index (χ2n) is 6.29. The van der Waals surface area contributed by atoms with Crippen molar-refractivity contribution in [3.63, 3.8) is 0 Å². The van der Waals surface area contributed by atoms with Gasteiger partial charge in [0.05, 0.1) is 12.7 Å². The molecule has 2 aliphatic carbocycles. The number of rotatable bonds is 6. The largest absolute Gasteiger partial charge is 0.373 e. The third kappa shape index (κ3) is 3.31. The van der Waals surface area contributed by atoms with Crippen molar-refractivity contribution in [1.29, 1.82) is 0 Å². The van der Waals surface area contributed by atoms with E-state index >= 15 is 0 Å². The van der Waals surface area contributed by atoms with Crippen molar-refractivity contribution in [2.24, 2.45) is 17.8 Å². The maximum Gasteiger partial charge on any atom is 0.136 e. The van der Waals surface area contributed by atoms with Gasteiger partial charge in [-0.1, -0.05) is 25.7 Å². The molecule has 0 aromatic rings. The lowest BCUT2D eigenvalue weighted by atomic mass is 9.73. The van der Waals surface area contributed by atoms with Crippen LogP contribution in [0.1, 0.15) is 57.8 Å². The monoisotopic (exact) mass is 236 g/mol. The highest BCUT2D eigenvalue weighted by atomic mass is 16.6. The molecule has 0 spiro atoms. The predicted molar refractivity (Wildman–Crippen MR) is 66.8 cm³/mol. The minimum absolute atomic E-state index is 0.406. The van der Waals surface area contributed by atoms with Gasteiger partial charge in [0.15, 0.2) is 0 Å². The van der Waals surface area contributed by atoms with Crippen molar-refractivity contribution in [1.82, 2.24) is 0 Å². The lowest BCUT2D eigenvalue weighted by Crippen LogP contribution is -2.27. The van der Waals surface area contributed by atoms with E-state index in [2.05, 4.69) is 0 Å². The Hall–Kier alpha value is -0.370. The fourth-order valence-electron chi connectivity index (χ4n) is 3.42. The highest BCUT2D eigenvalue weighted by Crippen LogP contribution is 2.43. The molecule has 1 aliphatic heterocycles. The van der Waals surface area contributed by atoms with Crippen molar-refractivity contribution in [2.45, 2.75) is 63.9 Å². The van der Waals surface area contributed by atoms with E-state index in [1.54, 1.807) is 0 Å². The van der Waals surface area contributed by atoms with E-state index in [1.807, 2.05) is 0 Å². The minimum Gasteiger partial charge on any atom is -0.373 e. The molecule has 1 heterocycles. The highest BCUT2D eigenvalue weighted by molar-refractivity contribution is 5.81. The lowest BCUT2D eigenvalue weighted by Gasteiger charge is -2.30. The number of hydrogen-bond donors (Lipinski definition) is 0. The van der Waals surface area contributed by atoms with Gasteiger partial charge in [0.2, 0.25) is 0 Å². The summed E-state index contributed by atoms with van der Waals surface area (Å²) >= 11 is 0. The van der Waals surface area contributed by atoms with Crippen LogP contribution in [0.5, 0.6) is 0 Å². The van der Waals surface area contributed by atoms with Crippen LogP contribution in [0.4, 0.5) is 0 Å². The van der Waals surface area contributed by atoms with Gasteiger partial charge >= 0.3 is 0 Å². The summed E-state index contributed by atoms with van der Waals surface area (Å²) in [5.74, 6) is 2.65. The summed E-state index contributed by atoms with van der Waals surface area (Å²) in [6.45, 7) is 0.892. The van der Waals surface area contributed by atoms with E-state index in [9.17, 15) is 4.79 Å². The molecular formula is C15H24O2. The highest BCUT2D eigenvalue weighted by Gasteiger charge is 2.35. The number of epoxide rings is 1. The van der Waals surface area contributed by atoms with E-state index in [0.717, 1.165) is 31.3 Å². The average molecular weight is 236 g/mol. The van der Waals surface area contributed by atoms with Crippen LogP contribution in [0.3, 0.4) is 0 Å². The van der Waals surface area contributed by atoms with Crippen LogP contribution in [-0.4, -0.2) is 18.5 Å². The van der Waals surface area contributed by atoms with Crippen LogP contribution in [-0.2, 0) is 9.53 Å². The van der Waals surface area contributed by atoms with Gasteiger partial charge in [-0.15, -0.1) is 0 Å². The molecule has 2 heteroatoms. The van der Waals surface area contributed by atoms with Crippen LogP contribution in [0.2, 0.25) is 0 Å². The van der Waals surface area contributed by atoms with Crippen LogP contribution in [0.25, 0.3) is 0 Å². The number of ether oxygens (including phenoxy) is 1. The van der Waals surface area contributed by atoms with E-state index in [-0.39, 0.29) is 0 Å². The Balaban J connectivity index is 1.50. The van der Waals surface area contributed by atoms with E-state index < -0.39 is 0 Å². The molecule has 2 nitrogen and oxygen atoms in total. The second kappa shape index (κ2) is 5.09. The number of carbonyl (C=O) groups is 1. The first-order chi connectivity index (χ1) is 8.33. The first-order valence-electron chi connectivity index (χ1n) is 7.47. The standard InChI is InChI=1S/C15H24O2/c16-15(8-7-13-10-17-13)14-4-2-1-3-12(14)9-11-5-6-11/h11-14H,1-10H2. The first-order valence-corrected chi connectivity index (χ1v) is 7.47. The molecule has 0 amide bonds. The van der Waals surface area contributed by atoms with Crippen LogP contribution in [0, 0.1) is 17.8 Å². The Labute approximate surface area is 104 Å². The quantitative estimate of drug-likeness (QED) is 0.662. The van der Waals surface area contributed by atoms with Crippen molar-refractivity contribution >= 4 is 5.78 Å². The van der Waals surface area contributed by atoms with Crippen molar-refractivity contribution in [2.75, 3.05) is 6.61 Å². The smallest absolute Gasteiger partial charge is 0.136 e. The zero-order valence-corrected chi connectivity index (χ0v) is 10.7. The number of ketones is 1. The normalized spacial score (nSPS) is 36.8. The molecule has 0 N–H and O–H groups in total. The molecule has 3 fully saturated rings. The Morgan fingerprint density at radius 2 is 1.88 bits per heavy atom. The molecule has 1 saturated heterocycles. The van der Waals surface area contributed by atoms with Gasteiger partial charge in [0.25, 0.3) is 0 Å². The van der Waals surface area contributed by atoms with Crippen molar-refractivity contribution in [3.05, 3.63) is 0 Å². The lowest BCUT2D eigenvalue weighted by molar-refractivity contribution is -0.126. The van der Waals surface area contributed by atoms with Gasteiger partial charge in [-0.05, 0) is 37.5 Å². The molecule has 3 aliphatic rings. The van der Waals surface area contributed by atoms with E-state index in [4.69, 9.17) is 4.74 Å². The van der Waals surface area contributed by atoms with Crippen molar-refractivity contribution in [3.8, 4) is 0 Å². The predicted octanol–water partition coefficient (Wildman–Crippen LogP) is 3.34. The maximum absolute atomic E-state index is 12.3. The fraction of sp³-hybridized carbons (Fsp3) is 0.933. The van der Waals surface area contributed by atoms with Crippen molar-refractivity contribution < 1.29 is 9.53 Å². The Morgan fingerprint density at radius 1 is 1.12 bits per heavy atom. The second-order valence-corrected chi connectivity index (χ2v) is 6.29. The summed E-state index contributed by atoms with van der Waals surface area (Å²) < 4.78 is 5.20. The molecule has 3 rings (SSSR count). The molecule has 3 atom stereocenters. The van der Waals surface area contributed by atoms with Gasteiger partial charge in [-0.25, -0.2) is 0 Å². The number of hydrogen-bond acceptors (Lipinski definition) is 2. The molecule has 0 aromatic carbocycles. The SMILES string of the molecule is O=C(CCC1CO1)C1CCCCC1CC1CC1. The van der Waals surface area contributed by atoms with Gasteiger partial charge in [0, 0.05) is 12.3 Å². The summed E-state index contributed by atoms with van der Waals surface area (Å²) in [6, 6.07) is 0. The minimum atomic E-state index is 0.406. The van der Waals surface area contributed by atoms with Gasteiger partial charge in [-0.2, -0.15) is 0 Å². The molecular weight excluding hydrogens is 212 g/mol. The summed E-state index contributed by atoms with van der Waals surface area (Å²) in [4.78, 5) is 12.3. The molecule has 2 saturated carbocycles. The first kappa shape index (κ1) is 11.7. The average Bonchev–Trinajstić information content (AvgIpc) is 3.21. The topological polar surface area (TPSA) is 29.6 Å². The third-order valence-electron chi connectivity index (χ3n) is 4.77. The Kier molecular flexibility index (Phi) is 3.51. The Morgan fingerprint density at radius 3 is 2.59 bits per heavy atom. The number of Topliss-reactive ketones (excluding diaryl/α,β-unsaturated/α-hetero) is 1. The molecule has 0 aromatic heterocycles. The van der Waals surface area contributed by atoms with Gasteiger partial charge in [0.1, 0.15) is 5.78 Å². The summed E-state index contributed by atoms with van der Waals surface area (Å²) in [5.41, 5.74) is 0. The third-order valence-corrected chi connectivity index (χ3v) is 4.77. The zero-order valence-electron chi connectivity index (χ0n) is 10.7. The summed E-state index contributed by atoms with van der Waals surface area (Å²) in [5, 5.41) is 0. The van der Waals surface area contributed by atoms with Crippen LogP contribution < -0.4 is 0 Å². The van der Waals surface area contributed by atoms with Gasteiger partial charge in [-0.3, -0.25) is 4.79 Å². The molecule has 96 valence electrons. The van der Waals surface area contributed by atoms with Crippen LogP contribution in [0.15, 0.2) is 0 Å². The molecule has 3 unspecified atom stereocenters. The zero-order chi connectivity index (χ0) is 11.7. The van der Waals surface area contributed by atoms with Crippen LogP contribution >= 0.6 is 0 Å². The molecule has 17 heavy (non-hydrogen) atoms. The molecule has 0 radical (unpaired) electrons. The number of carbonyl (C=O) groups excluding carboxylic acids is 1. The maximum atomic E-state index is 12.3. The van der Waals surface area contributed by atoms with E-state index in [1.165, 1.54) is 44.9 Å². The summed E-state index contributed by atoms with van der Waals surface area (Å²) in [7, 11) is 0. The fourth-order valence-corrected chi connectivity index (χ4v) is 3.42. The molecule has 0 bridgehead atoms.